The van der Waals surface area contributed by atoms with Crippen molar-refractivity contribution in [3.05, 3.63) is 42.2 Å². The van der Waals surface area contributed by atoms with Crippen LogP contribution in [0, 0.1) is 0 Å². The van der Waals surface area contributed by atoms with Crippen molar-refractivity contribution < 1.29 is 8.42 Å². The summed E-state index contributed by atoms with van der Waals surface area (Å²) in [5.74, 6) is 0.468. The molecule has 0 unspecified atom stereocenters. The molecule has 3 aromatic rings. The molecular weight excluding hydrogens is 432 g/mol. The Balaban J connectivity index is 1.55. The Morgan fingerprint density at radius 2 is 1.90 bits per heavy atom. The number of nitrogens with two attached hydrogens (primary N) is 1. The fourth-order valence-corrected chi connectivity index (χ4v) is 6.16. The minimum Gasteiger partial charge on any atom is -0.324 e. The van der Waals surface area contributed by atoms with Gasteiger partial charge in [-0.05, 0) is 49.4 Å². The standard InChI is InChI=1S/C21H24N6O2S2/c1-30-19-21(9-3-2-4-10-21)27-16(13-23-19)11-14-12-24-20(26-18(14)27)25-15-5-7-17(8-6-15)31(22,28)29/h5-8,11-12H,2-4,9-10,13H2,1H3,(H2,22,28,29)(H,24,25,26). The Hall–Kier alpha value is -2.43. The van der Waals surface area contributed by atoms with Gasteiger partial charge in [0.1, 0.15) is 5.65 Å². The summed E-state index contributed by atoms with van der Waals surface area (Å²) in [6.07, 6.45) is 9.73. The average molecular weight is 457 g/mol. The first-order valence-electron chi connectivity index (χ1n) is 10.3. The van der Waals surface area contributed by atoms with Crippen LogP contribution in [-0.4, -0.2) is 34.3 Å². The van der Waals surface area contributed by atoms with E-state index in [1.165, 1.54) is 42.1 Å². The lowest BCUT2D eigenvalue weighted by Crippen LogP contribution is -2.45. The zero-order valence-corrected chi connectivity index (χ0v) is 18.8. The lowest BCUT2D eigenvalue weighted by molar-refractivity contribution is 0.280. The second-order valence-corrected chi connectivity index (χ2v) is 10.4. The van der Waals surface area contributed by atoms with Gasteiger partial charge in [-0.1, -0.05) is 19.3 Å². The molecule has 8 nitrogen and oxygen atoms in total. The minimum absolute atomic E-state index is 0.0678. The van der Waals surface area contributed by atoms with E-state index in [-0.39, 0.29) is 10.4 Å². The first kappa shape index (κ1) is 20.5. The molecule has 2 aliphatic rings. The maximum Gasteiger partial charge on any atom is 0.238 e. The Kier molecular flexibility index (Phi) is 5.03. The molecule has 1 saturated carbocycles. The van der Waals surface area contributed by atoms with Crippen molar-refractivity contribution >= 4 is 49.5 Å². The molecule has 31 heavy (non-hydrogen) atoms. The fraction of sp³-hybridized carbons (Fsp3) is 0.381. The van der Waals surface area contributed by atoms with E-state index in [0.717, 1.165) is 23.9 Å². The Morgan fingerprint density at radius 1 is 1.16 bits per heavy atom. The SMILES string of the molecule is CSC1=NCc2cc3cnc(Nc4ccc(S(N)(=O)=O)cc4)nc3n2C12CCCCC2. The highest BCUT2D eigenvalue weighted by Crippen LogP contribution is 2.44. The molecule has 1 fully saturated rings. The van der Waals surface area contributed by atoms with Crippen LogP contribution in [0.25, 0.3) is 11.0 Å². The van der Waals surface area contributed by atoms with Crippen LogP contribution < -0.4 is 10.5 Å². The number of primary sulfonamides is 1. The van der Waals surface area contributed by atoms with Crippen molar-refractivity contribution in [3.63, 3.8) is 0 Å². The van der Waals surface area contributed by atoms with E-state index in [9.17, 15) is 8.42 Å². The maximum absolute atomic E-state index is 11.5. The molecule has 1 spiro atoms. The van der Waals surface area contributed by atoms with Gasteiger partial charge in [-0.2, -0.15) is 4.98 Å². The summed E-state index contributed by atoms with van der Waals surface area (Å²) in [5, 5.41) is 10.6. The molecule has 1 aliphatic carbocycles. The molecule has 0 saturated heterocycles. The normalized spacial score (nSPS) is 18.1. The van der Waals surface area contributed by atoms with Gasteiger partial charge in [0.25, 0.3) is 0 Å². The van der Waals surface area contributed by atoms with E-state index in [1.807, 2.05) is 6.20 Å². The zero-order chi connectivity index (χ0) is 21.6. The highest BCUT2D eigenvalue weighted by atomic mass is 32.2. The third-order valence-electron chi connectivity index (χ3n) is 6.14. The van der Waals surface area contributed by atoms with E-state index in [2.05, 4.69) is 27.2 Å². The van der Waals surface area contributed by atoms with Crippen LogP contribution in [0.3, 0.4) is 0 Å². The highest BCUT2D eigenvalue weighted by Gasteiger charge is 2.43. The molecule has 3 heterocycles. The summed E-state index contributed by atoms with van der Waals surface area (Å²) < 4.78 is 25.3. The van der Waals surface area contributed by atoms with E-state index in [0.29, 0.717) is 18.2 Å². The number of thioether (sulfide) groups is 1. The molecule has 1 aromatic carbocycles. The highest BCUT2D eigenvalue weighted by molar-refractivity contribution is 8.13. The van der Waals surface area contributed by atoms with Crippen molar-refractivity contribution in [2.45, 2.75) is 49.1 Å². The molecule has 1 aliphatic heterocycles. The molecular formula is C21H24N6O2S2. The monoisotopic (exact) mass is 456 g/mol. The smallest absolute Gasteiger partial charge is 0.238 e. The van der Waals surface area contributed by atoms with Crippen LogP contribution in [0.15, 0.2) is 46.4 Å². The Morgan fingerprint density at radius 3 is 2.58 bits per heavy atom. The summed E-state index contributed by atoms with van der Waals surface area (Å²) >= 11 is 1.75. The van der Waals surface area contributed by atoms with Gasteiger partial charge < -0.3 is 9.88 Å². The number of aromatic nitrogens is 3. The number of nitrogens with zero attached hydrogens (tertiary/aromatic N) is 4. The van der Waals surface area contributed by atoms with E-state index in [4.69, 9.17) is 15.1 Å². The fourth-order valence-electron chi connectivity index (χ4n) is 4.78. The van der Waals surface area contributed by atoms with Gasteiger partial charge in [0.05, 0.1) is 22.0 Å². The van der Waals surface area contributed by atoms with Crippen LogP contribution in [0.2, 0.25) is 0 Å². The Bertz CT molecular complexity index is 1280. The predicted octanol–water partition coefficient (Wildman–Crippen LogP) is 3.76. The molecule has 2 aromatic heterocycles. The molecule has 10 heteroatoms. The summed E-state index contributed by atoms with van der Waals surface area (Å²) in [4.78, 5) is 14.3. The van der Waals surface area contributed by atoms with Gasteiger partial charge in [-0.25, -0.2) is 18.5 Å². The van der Waals surface area contributed by atoms with Crippen LogP contribution in [0.5, 0.6) is 0 Å². The van der Waals surface area contributed by atoms with Gasteiger partial charge in [0.15, 0.2) is 0 Å². The number of anilines is 2. The zero-order valence-electron chi connectivity index (χ0n) is 17.2. The summed E-state index contributed by atoms with van der Waals surface area (Å²) in [6, 6.07) is 8.39. The van der Waals surface area contributed by atoms with Crippen molar-refractivity contribution in [1.82, 2.24) is 14.5 Å². The largest absolute Gasteiger partial charge is 0.324 e. The van der Waals surface area contributed by atoms with Gasteiger partial charge >= 0.3 is 0 Å². The first-order valence-corrected chi connectivity index (χ1v) is 13.0. The lowest BCUT2D eigenvalue weighted by atomic mass is 9.81. The molecule has 162 valence electrons. The van der Waals surface area contributed by atoms with Gasteiger partial charge in [-0.15, -0.1) is 11.8 Å². The van der Waals surface area contributed by atoms with Gasteiger partial charge in [0, 0.05) is 23.0 Å². The number of sulfonamides is 1. The van der Waals surface area contributed by atoms with Crippen molar-refractivity contribution in [1.29, 1.82) is 0 Å². The molecule has 0 atom stereocenters. The van der Waals surface area contributed by atoms with E-state index in [1.54, 1.807) is 23.9 Å². The number of hydrogen-bond donors (Lipinski definition) is 2. The third-order valence-corrected chi connectivity index (χ3v) is 7.97. The number of benzene rings is 1. The first-order chi connectivity index (χ1) is 14.9. The molecule has 0 radical (unpaired) electrons. The number of hydrogen-bond acceptors (Lipinski definition) is 7. The summed E-state index contributed by atoms with van der Waals surface area (Å²) in [5.41, 5.74) is 2.67. The Labute approximate surface area is 185 Å². The predicted molar refractivity (Wildman–Crippen MR) is 124 cm³/mol. The maximum atomic E-state index is 11.5. The molecule has 0 bridgehead atoms. The van der Waals surface area contributed by atoms with E-state index >= 15 is 0 Å². The molecule has 5 rings (SSSR count). The average Bonchev–Trinajstić information content (AvgIpc) is 3.13. The molecule has 0 amide bonds. The van der Waals surface area contributed by atoms with Gasteiger partial charge in [-0.3, -0.25) is 4.99 Å². The number of fused-ring (bicyclic) bond motifs is 4. The van der Waals surface area contributed by atoms with Crippen LogP contribution >= 0.6 is 11.8 Å². The summed E-state index contributed by atoms with van der Waals surface area (Å²) in [7, 11) is -3.72. The van der Waals surface area contributed by atoms with Crippen LogP contribution in [0.4, 0.5) is 11.6 Å². The van der Waals surface area contributed by atoms with Crippen molar-refractivity contribution in [2.24, 2.45) is 10.1 Å². The van der Waals surface area contributed by atoms with Crippen LogP contribution in [0.1, 0.15) is 37.8 Å². The topological polar surface area (TPSA) is 115 Å². The molecule has 3 N–H and O–H groups in total. The van der Waals surface area contributed by atoms with Crippen LogP contribution in [-0.2, 0) is 22.1 Å². The third kappa shape index (κ3) is 3.52. The van der Waals surface area contributed by atoms with Crippen molar-refractivity contribution in [3.8, 4) is 0 Å². The quantitative estimate of drug-likeness (QED) is 0.620. The van der Waals surface area contributed by atoms with Gasteiger partial charge in [0.2, 0.25) is 16.0 Å². The number of nitrogens with one attached hydrogen (secondary N) is 1. The second-order valence-electron chi connectivity index (χ2n) is 8.06. The summed E-state index contributed by atoms with van der Waals surface area (Å²) in [6.45, 7) is 0.659. The van der Waals surface area contributed by atoms with E-state index < -0.39 is 10.0 Å². The minimum atomic E-state index is -3.72. The lowest BCUT2D eigenvalue weighted by Gasteiger charge is -2.42. The number of aliphatic imine (C=N–C) groups is 1. The van der Waals surface area contributed by atoms with Crippen molar-refractivity contribution in [2.75, 3.05) is 11.6 Å². The second kappa shape index (κ2) is 7.61. The number of rotatable bonds is 3.